The van der Waals surface area contributed by atoms with Gasteiger partial charge in [0.15, 0.2) is 11.5 Å². The second kappa shape index (κ2) is 8.43. The van der Waals surface area contributed by atoms with E-state index in [2.05, 4.69) is 25.7 Å². The maximum Gasteiger partial charge on any atom is 0.308 e. The van der Waals surface area contributed by atoms with Gasteiger partial charge in [-0.3, -0.25) is 9.89 Å². The van der Waals surface area contributed by atoms with Crippen LogP contribution in [0.1, 0.15) is 21.7 Å². The lowest BCUT2D eigenvalue weighted by Gasteiger charge is -2.11. The van der Waals surface area contributed by atoms with Crippen LogP contribution >= 0.6 is 0 Å². The van der Waals surface area contributed by atoms with Gasteiger partial charge in [-0.05, 0) is 29.3 Å². The molecule has 0 atom stereocenters. The number of carbonyl (C=O) groups excluding carboxylic acids is 1. The van der Waals surface area contributed by atoms with Crippen LogP contribution in [0.25, 0.3) is 0 Å². The fourth-order valence-corrected chi connectivity index (χ4v) is 2.15. The molecule has 0 fully saturated rings. The molecule has 0 saturated heterocycles. The number of benzene rings is 2. The van der Waals surface area contributed by atoms with Gasteiger partial charge in [-0.25, -0.2) is 10.4 Å². The SMILES string of the molecule is COc1cc(/C=N\NC(=O)c2ncn[nH]2)ccc1OCc1ccccc1. The fourth-order valence-electron chi connectivity index (χ4n) is 2.15. The van der Waals surface area contributed by atoms with Crippen LogP contribution in [0.2, 0.25) is 0 Å². The average molecular weight is 351 g/mol. The molecule has 3 aromatic rings. The van der Waals surface area contributed by atoms with Crippen molar-refractivity contribution in [3.63, 3.8) is 0 Å². The molecule has 0 aliphatic rings. The Bertz CT molecular complexity index is 879. The number of hydrogen-bond donors (Lipinski definition) is 2. The fraction of sp³-hybridized carbons (Fsp3) is 0.111. The molecule has 0 saturated carbocycles. The minimum absolute atomic E-state index is 0.0874. The molecular formula is C18H17N5O3. The van der Waals surface area contributed by atoms with Gasteiger partial charge in [0.2, 0.25) is 5.82 Å². The number of methoxy groups -OCH3 is 1. The van der Waals surface area contributed by atoms with Crippen molar-refractivity contribution in [2.45, 2.75) is 6.61 Å². The van der Waals surface area contributed by atoms with E-state index in [-0.39, 0.29) is 5.82 Å². The molecule has 1 aromatic heterocycles. The summed E-state index contributed by atoms with van der Waals surface area (Å²) in [5, 5.41) is 9.94. The largest absolute Gasteiger partial charge is 0.493 e. The zero-order chi connectivity index (χ0) is 18.2. The van der Waals surface area contributed by atoms with Crippen molar-refractivity contribution in [2.24, 2.45) is 5.10 Å². The summed E-state index contributed by atoms with van der Waals surface area (Å²) in [5.74, 6) is 0.809. The second-order valence-corrected chi connectivity index (χ2v) is 5.22. The van der Waals surface area contributed by atoms with Crippen molar-refractivity contribution >= 4 is 12.1 Å². The van der Waals surface area contributed by atoms with Crippen molar-refractivity contribution < 1.29 is 14.3 Å². The van der Waals surface area contributed by atoms with Gasteiger partial charge >= 0.3 is 5.91 Å². The lowest BCUT2D eigenvalue weighted by molar-refractivity contribution is 0.0945. The third-order valence-corrected chi connectivity index (χ3v) is 3.43. The topological polar surface area (TPSA) is 101 Å². The van der Waals surface area contributed by atoms with Crippen molar-refractivity contribution in [3.8, 4) is 11.5 Å². The van der Waals surface area contributed by atoms with Gasteiger partial charge in [-0.15, -0.1) is 0 Å². The Labute approximate surface area is 149 Å². The number of hydrazone groups is 1. The predicted octanol–water partition coefficient (Wildman–Crippen LogP) is 2.16. The highest BCUT2D eigenvalue weighted by Crippen LogP contribution is 2.28. The Kier molecular flexibility index (Phi) is 5.56. The summed E-state index contributed by atoms with van der Waals surface area (Å²) >= 11 is 0. The summed E-state index contributed by atoms with van der Waals surface area (Å²) in [6, 6.07) is 15.2. The number of nitrogens with one attached hydrogen (secondary N) is 2. The van der Waals surface area contributed by atoms with Crippen molar-refractivity contribution in [1.29, 1.82) is 0 Å². The van der Waals surface area contributed by atoms with Crippen LogP contribution in [0.4, 0.5) is 0 Å². The van der Waals surface area contributed by atoms with Crippen LogP contribution in [-0.2, 0) is 6.61 Å². The number of hydrogen-bond acceptors (Lipinski definition) is 6. The quantitative estimate of drug-likeness (QED) is 0.502. The van der Waals surface area contributed by atoms with Gasteiger partial charge < -0.3 is 9.47 Å². The Morgan fingerprint density at radius 2 is 2.08 bits per heavy atom. The third kappa shape index (κ3) is 4.44. The zero-order valence-electron chi connectivity index (χ0n) is 14.0. The second-order valence-electron chi connectivity index (χ2n) is 5.22. The monoisotopic (exact) mass is 351 g/mol. The number of ether oxygens (including phenoxy) is 2. The molecule has 26 heavy (non-hydrogen) atoms. The molecule has 1 amide bonds. The number of aromatic nitrogens is 3. The highest BCUT2D eigenvalue weighted by atomic mass is 16.5. The van der Waals surface area contributed by atoms with Gasteiger partial charge in [-0.1, -0.05) is 30.3 Å². The Morgan fingerprint density at radius 1 is 1.23 bits per heavy atom. The molecule has 8 nitrogen and oxygen atoms in total. The predicted molar refractivity (Wildman–Crippen MR) is 95.2 cm³/mol. The van der Waals surface area contributed by atoms with E-state index in [1.54, 1.807) is 19.2 Å². The normalized spacial score (nSPS) is 10.7. The van der Waals surface area contributed by atoms with E-state index in [4.69, 9.17) is 9.47 Å². The Hall–Kier alpha value is -3.68. The van der Waals surface area contributed by atoms with Crippen molar-refractivity contribution in [2.75, 3.05) is 7.11 Å². The summed E-state index contributed by atoms with van der Waals surface area (Å²) < 4.78 is 11.2. The van der Waals surface area contributed by atoms with Crippen LogP contribution in [-0.4, -0.2) is 34.4 Å². The van der Waals surface area contributed by atoms with Crippen LogP contribution in [0.5, 0.6) is 11.5 Å². The standard InChI is InChI=1S/C18H17N5O3/c1-25-16-9-14(10-20-23-18(24)17-19-12-21-22-17)7-8-15(16)26-11-13-5-3-2-4-6-13/h2-10,12H,11H2,1H3,(H,23,24)(H,19,21,22)/b20-10-. The van der Waals surface area contributed by atoms with Crippen molar-refractivity contribution in [1.82, 2.24) is 20.6 Å². The summed E-state index contributed by atoms with van der Waals surface area (Å²) in [7, 11) is 1.57. The molecule has 132 valence electrons. The van der Waals surface area contributed by atoms with Crippen LogP contribution in [0.3, 0.4) is 0 Å². The lowest BCUT2D eigenvalue weighted by atomic mass is 10.2. The molecule has 1 heterocycles. The minimum atomic E-state index is -0.478. The van der Waals surface area contributed by atoms with Crippen LogP contribution in [0, 0.1) is 0 Å². The summed E-state index contributed by atoms with van der Waals surface area (Å²) in [6.45, 7) is 0.442. The third-order valence-electron chi connectivity index (χ3n) is 3.43. The van der Waals surface area contributed by atoms with E-state index in [1.807, 2.05) is 36.4 Å². The summed E-state index contributed by atoms with van der Waals surface area (Å²) in [5.41, 5.74) is 4.16. The van der Waals surface area contributed by atoms with E-state index >= 15 is 0 Å². The maximum atomic E-state index is 11.7. The first kappa shape index (κ1) is 17.2. The number of rotatable bonds is 7. The molecule has 0 aliphatic heterocycles. The molecule has 8 heteroatoms. The molecule has 0 bridgehead atoms. The van der Waals surface area contributed by atoms with Gasteiger partial charge in [0.1, 0.15) is 12.9 Å². The Morgan fingerprint density at radius 3 is 2.81 bits per heavy atom. The van der Waals surface area contributed by atoms with E-state index in [0.717, 1.165) is 11.1 Å². The molecule has 2 N–H and O–H groups in total. The Balaban J connectivity index is 1.62. The van der Waals surface area contributed by atoms with Crippen LogP contribution < -0.4 is 14.9 Å². The van der Waals surface area contributed by atoms with Gasteiger partial charge in [0, 0.05) is 0 Å². The molecule has 0 spiro atoms. The van der Waals surface area contributed by atoms with Gasteiger partial charge in [0.05, 0.1) is 13.3 Å². The number of amides is 1. The van der Waals surface area contributed by atoms with E-state index in [1.165, 1.54) is 12.5 Å². The number of aromatic amines is 1. The summed E-state index contributed by atoms with van der Waals surface area (Å²) in [4.78, 5) is 15.4. The zero-order valence-corrected chi connectivity index (χ0v) is 14.0. The molecule has 0 aliphatic carbocycles. The first-order valence-corrected chi connectivity index (χ1v) is 7.80. The highest BCUT2D eigenvalue weighted by molar-refractivity contribution is 5.91. The molecule has 0 radical (unpaired) electrons. The number of H-pyrrole nitrogens is 1. The van der Waals surface area contributed by atoms with Crippen LogP contribution in [0.15, 0.2) is 60.0 Å². The first-order chi connectivity index (χ1) is 12.8. The smallest absolute Gasteiger partial charge is 0.308 e. The van der Waals surface area contributed by atoms with E-state index in [0.29, 0.717) is 18.1 Å². The maximum absolute atomic E-state index is 11.7. The van der Waals surface area contributed by atoms with Gasteiger partial charge in [0.25, 0.3) is 0 Å². The highest BCUT2D eigenvalue weighted by Gasteiger charge is 2.07. The molecule has 3 rings (SSSR count). The first-order valence-electron chi connectivity index (χ1n) is 7.80. The molecular weight excluding hydrogens is 334 g/mol. The minimum Gasteiger partial charge on any atom is -0.493 e. The molecule has 0 unspecified atom stereocenters. The lowest BCUT2D eigenvalue weighted by Crippen LogP contribution is -2.19. The van der Waals surface area contributed by atoms with Gasteiger partial charge in [-0.2, -0.15) is 10.2 Å². The van der Waals surface area contributed by atoms with E-state index in [9.17, 15) is 4.79 Å². The van der Waals surface area contributed by atoms with E-state index < -0.39 is 5.91 Å². The summed E-state index contributed by atoms with van der Waals surface area (Å²) in [6.07, 6.45) is 2.75. The molecule has 2 aromatic carbocycles. The number of carbonyl (C=O) groups is 1. The number of nitrogens with zero attached hydrogens (tertiary/aromatic N) is 3. The average Bonchev–Trinajstić information content (AvgIpc) is 3.22. The van der Waals surface area contributed by atoms with Crippen molar-refractivity contribution in [3.05, 3.63) is 71.8 Å².